The first-order chi connectivity index (χ1) is 17.0. The Kier molecular flexibility index (Phi) is 6.41. The monoisotopic (exact) mass is 477 g/mol. The Bertz CT molecular complexity index is 1190. The van der Waals surface area contributed by atoms with Crippen molar-refractivity contribution in [2.24, 2.45) is 0 Å². The molecule has 1 fully saturated rings. The smallest absolute Gasteiger partial charge is 0.337 e. The van der Waals surface area contributed by atoms with Gasteiger partial charge in [0.1, 0.15) is 11.9 Å². The first-order valence-electron chi connectivity index (χ1n) is 12.2. The van der Waals surface area contributed by atoms with Crippen LogP contribution in [0.4, 0.5) is 0 Å². The first kappa shape index (κ1) is 23.3. The average Bonchev–Trinajstić information content (AvgIpc) is 3.57. The normalized spacial score (nSPS) is 22.7. The number of benzene rings is 1. The van der Waals surface area contributed by atoms with Gasteiger partial charge in [0.2, 0.25) is 0 Å². The van der Waals surface area contributed by atoms with Crippen molar-refractivity contribution in [1.82, 2.24) is 5.32 Å². The van der Waals surface area contributed by atoms with Gasteiger partial charge >= 0.3 is 5.97 Å². The van der Waals surface area contributed by atoms with Crippen molar-refractivity contribution in [3.05, 3.63) is 70.5 Å². The van der Waals surface area contributed by atoms with Crippen molar-refractivity contribution < 1.29 is 28.2 Å². The molecule has 7 heteroatoms. The predicted molar refractivity (Wildman–Crippen MR) is 129 cm³/mol. The van der Waals surface area contributed by atoms with Gasteiger partial charge in [0, 0.05) is 35.2 Å². The van der Waals surface area contributed by atoms with Crippen LogP contribution in [-0.2, 0) is 14.3 Å². The number of methoxy groups -OCH3 is 2. The predicted octanol–water partition coefficient (Wildman–Crippen LogP) is 5.14. The van der Waals surface area contributed by atoms with E-state index in [1.54, 1.807) is 20.5 Å². The van der Waals surface area contributed by atoms with Crippen LogP contribution in [0, 0.1) is 0 Å². The Morgan fingerprint density at radius 1 is 1.06 bits per heavy atom. The van der Waals surface area contributed by atoms with E-state index < -0.39 is 5.92 Å². The number of Topliss-reactive ketones (excluding diaryl/α,β-unsaturated/α-hetero) is 1. The highest BCUT2D eigenvalue weighted by molar-refractivity contribution is 6.04. The number of ketones is 1. The second kappa shape index (κ2) is 9.64. The highest BCUT2D eigenvalue weighted by atomic mass is 16.5. The van der Waals surface area contributed by atoms with Crippen LogP contribution in [-0.4, -0.2) is 32.1 Å². The molecule has 0 spiro atoms. The summed E-state index contributed by atoms with van der Waals surface area (Å²) in [6, 6.07) is 9.30. The minimum Gasteiger partial charge on any atom is -0.493 e. The largest absolute Gasteiger partial charge is 0.493 e. The number of furan rings is 1. The molecule has 184 valence electrons. The fraction of sp³-hybridized carbons (Fsp3) is 0.429. The van der Waals surface area contributed by atoms with Crippen molar-refractivity contribution >= 4 is 11.8 Å². The van der Waals surface area contributed by atoms with Crippen molar-refractivity contribution in [3.63, 3.8) is 0 Å². The van der Waals surface area contributed by atoms with Crippen LogP contribution in [0.15, 0.2) is 63.6 Å². The number of allylic oxidation sites excluding steroid dienone is 3. The number of carbonyl (C=O) groups is 2. The molecule has 0 unspecified atom stereocenters. The van der Waals surface area contributed by atoms with E-state index in [2.05, 4.69) is 5.32 Å². The molecular weight excluding hydrogens is 446 g/mol. The van der Waals surface area contributed by atoms with Gasteiger partial charge in [0.05, 0.1) is 26.1 Å². The lowest BCUT2D eigenvalue weighted by Gasteiger charge is -2.36. The fourth-order valence-electron chi connectivity index (χ4n) is 5.62. The van der Waals surface area contributed by atoms with E-state index in [0.29, 0.717) is 41.2 Å². The second-order valence-corrected chi connectivity index (χ2v) is 9.46. The van der Waals surface area contributed by atoms with Gasteiger partial charge in [0.15, 0.2) is 17.3 Å². The van der Waals surface area contributed by atoms with E-state index in [1.165, 1.54) is 0 Å². The van der Waals surface area contributed by atoms with Gasteiger partial charge in [0.25, 0.3) is 0 Å². The molecule has 7 nitrogen and oxygen atoms in total. The molecule has 1 N–H and O–H groups in total. The lowest BCUT2D eigenvalue weighted by Crippen LogP contribution is -2.36. The highest BCUT2D eigenvalue weighted by Crippen LogP contribution is 2.47. The Balaban J connectivity index is 1.58. The molecule has 1 aromatic heterocycles. The van der Waals surface area contributed by atoms with E-state index >= 15 is 0 Å². The van der Waals surface area contributed by atoms with E-state index in [-0.39, 0.29) is 23.8 Å². The molecule has 2 aliphatic carbocycles. The summed E-state index contributed by atoms with van der Waals surface area (Å²) in [5, 5.41) is 3.39. The molecule has 3 aliphatic rings. The molecule has 2 heterocycles. The van der Waals surface area contributed by atoms with Crippen LogP contribution in [0.1, 0.15) is 68.6 Å². The molecule has 0 bridgehead atoms. The van der Waals surface area contributed by atoms with Crippen LogP contribution in [0.5, 0.6) is 11.5 Å². The van der Waals surface area contributed by atoms with E-state index in [0.717, 1.165) is 42.7 Å². The third kappa shape index (κ3) is 4.35. The number of rotatable bonds is 6. The van der Waals surface area contributed by atoms with Crippen molar-refractivity contribution in [2.45, 2.75) is 63.4 Å². The number of carbonyl (C=O) groups excluding carboxylic acids is 2. The molecule has 1 aliphatic heterocycles. The molecule has 35 heavy (non-hydrogen) atoms. The van der Waals surface area contributed by atoms with Gasteiger partial charge < -0.3 is 23.9 Å². The summed E-state index contributed by atoms with van der Waals surface area (Å²) >= 11 is 0. The summed E-state index contributed by atoms with van der Waals surface area (Å²) < 4.78 is 22.5. The molecular formula is C28H31NO6. The highest BCUT2D eigenvalue weighted by Gasteiger charge is 2.42. The third-order valence-electron chi connectivity index (χ3n) is 7.31. The number of nitrogens with one attached hydrogen (secondary N) is 1. The first-order valence-corrected chi connectivity index (χ1v) is 12.2. The standard InChI is InChI=1S/C28H31NO6/c1-16-25(28(31)35-19-7-4-5-8-19)26(17-10-11-23(32-2)24(15-17)33-3)27-20(29-16)13-18(14-21(27)30)22-9-6-12-34-22/h6,9-12,15,18-19,26,29H,4-5,7-8,13-14H2,1-3H3/t18-,26+/m0/s1. The summed E-state index contributed by atoms with van der Waals surface area (Å²) in [6.07, 6.45) is 6.39. The molecule has 5 rings (SSSR count). The maximum Gasteiger partial charge on any atom is 0.337 e. The average molecular weight is 478 g/mol. The molecule has 2 atom stereocenters. The summed E-state index contributed by atoms with van der Waals surface area (Å²) in [4.78, 5) is 27.2. The van der Waals surface area contributed by atoms with Gasteiger partial charge in [-0.1, -0.05) is 6.07 Å². The Labute approximate surface area is 205 Å². The van der Waals surface area contributed by atoms with Gasteiger partial charge in [-0.3, -0.25) is 4.79 Å². The van der Waals surface area contributed by atoms with Crippen LogP contribution >= 0.6 is 0 Å². The second-order valence-electron chi connectivity index (χ2n) is 9.46. The molecule has 0 saturated heterocycles. The molecule has 0 radical (unpaired) electrons. The maximum absolute atomic E-state index is 13.6. The molecule has 0 amide bonds. The molecule has 2 aromatic rings. The van der Waals surface area contributed by atoms with Crippen molar-refractivity contribution in [2.75, 3.05) is 14.2 Å². The van der Waals surface area contributed by atoms with Gasteiger partial charge in [-0.15, -0.1) is 0 Å². The summed E-state index contributed by atoms with van der Waals surface area (Å²) in [7, 11) is 3.15. The minimum absolute atomic E-state index is 0.00130. The zero-order valence-corrected chi connectivity index (χ0v) is 20.4. The lowest BCUT2D eigenvalue weighted by molar-refractivity contribution is -0.144. The SMILES string of the molecule is COc1ccc([C@@H]2C(C(=O)OC3CCCC3)=C(C)NC3=C2C(=O)C[C@@H](c2ccco2)C3)cc1OC. The van der Waals surface area contributed by atoms with E-state index in [9.17, 15) is 9.59 Å². The van der Waals surface area contributed by atoms with Crippen LogP contribution < -0.4 is 14.8 Å². The van der Waals surface area contributed by atoms with Gasteiger partial charge in [-0.25, -0.2) is 4.79 Å². The maximum atomic E-state index is 13.6. The quantitative estimate of drug-likeness (QED) is 0.576. The van der Waals surface area contributed by atoms with E-state index in [1.807, 2.05) is 37.3 Å². The number of hydrogen-bond acceptors (Lipinski definition) is 7. The van der Waals surface area contributed by atoms with Gasteiger partial charge in [-0.05, 0) is 68.9 Å². The number of hydrogen-bond donors (Lipinski definition) is 1. The number of esters is 1. The van der Waals surface area contributed by atoms with Crippen LogP contribution in [0.3, 0.4) is 0 Å². The van der Waals surface area contributed by atoms with Crippen LogP contribution in [0.25, 0.3) is 0 Å². The van der Waals surface area contributed by atoms with E-state index in [4.69, 9.17) is 18.6 Å². The van der Waals surface area contributed by atoms with Crippen molar-refractivity contribution in [3.8, 4) is 11.5 Å². The Morgan fingerprint density at radius 2 is 1.83 bits per heavy atom. The summed E-state index contributed by atoms with van der Waals surface area (Å²) in [6.45, 7) is 1.88. The Hall–Kier alpha value is -3.48. The van der Waals surface area contributed by atoms with Gasteiger partial charge in [-0.2, -0.15) is 0 Å². The molecule has 1 aromatic carbocycles. The Morgan fingerprint density at radius 3 is 2.51 bits per heavy atom. The summed E-state index contributed by atoms with van der Waals surface area (Å²) in [5.74, 6) is 0.960. The minimum atomic E-state index is -0.551. The topological polar surface area (TPSA) is 87.0 Å². The molecule has 1 saturated carbocycles. The van der Waals surface area contributed by atoms with Crippen molar-refractivity contribution in [1.29, 1.82) is 0 Å². The lowest BCUT2D eigenvalue weighted by atomic mass is 9.72. The number of ether oxygens (including phenoxy) is 3. The van der Waals surface area contributed by atoms with Crippen LogP contribution in [0.2, 0.25) is 0 Å². The third-order valence-corrected chi connectivity index (χ3v) is 7.31. The summed E-state index contributed by atoms with van der Waals surface area (Å²) in [5.41, 5.74) is 3.42. The zero-order valence-electron chi connectivity index (χ0n) is 20.4. The number of dihydropyridines is 1. The zero-order chi connectivity index (χ0) is 24.5. The fourth-order valence-corrected chi connectivity index (χ4v) is 5.62.